The summed E-state index contributed by atoms with van der Waals surface area (Å²) in [6, 6.07) is 48.4. The summed E-state index contributed by atoms with van der Waals surface area (Å²) >= 11 is 63.7. The molecule has 10 heterocycles. The predicted octanol–water partition coefficient (Wildman–Crippen LogP) is 21.6. The molecule has 0 bridgehead atoms. The van der Waals surface area contributed by atoms with E-state index < -0.39 is 29.8 Å². The van der Waals surface area contributed by atoms with E-state index >= 15 is 0 Å². The van der Waals surface area contributed by atoms with Crippen molar-refractivity contribution in [3.63, 3.8) is 0 Å². The second-order valence-corrected chi connectivity index (χ2v) is 34.2. The summed E-state index contributed by atoms with van der Waals surface area (Å²) in [5.74, 6) is -3.98. The molecule has 0 radical (unpaired) electrons. The number of thiazole rings is 1. The molecular weight excluding hydrogens is 1930 g/mol. The standard InChI is InChI=1S/2C19H13Cl2N3O3.C19H11Cl2NO4.C18H10Cl2N2O4.C18H10Cl2N2O3S/c1-23-7-6-22-19(23)10-2-3-11-14(8-10)24(9-15(25)26)17-12(18(11)27)4-5-13(20)16(17)21;1-23-7-6-14(22-23)10-2-3-11-15(8-10)24(9-16(25)26)18-12(19(11)27)4-5-13(20)17(18)21;20-13-6-5-12-18(17(13)21)22(9-16(23)24)14-8-10(15-2-1-7-26-15)3-4-11(14)19(12)25;19-12-4-3-11-17(16(12)20)22(8-15(23)24)14-7-9(13-5-6-26-21-13)1-2-10(14)18(11)25;19-12-4-3-11-16(15(12)20)22(8-14(23)24)13-7-9(18-21-5-6-26-18)1-2-10(13)17(11)25/h2*2-8H,9H2,1H3,(H,25,26);1-8H,9H2,(H,23,24);2*1-7H,8H2,(H,23,24). The van der Waals surface area contributed by atoms with E-state index in [4.69, 9.17) is 125 Å². The number of nitrogens with zero attached hydrogens (tertiary/aromatic N) is 11. The zero-order valence-corrected chi connectivity index (χ0v) is 75.9. The van der Waals surface area contributed by atoms with Crippen molar-refractivity contribution in [1.82, 2.24) is 52.3 Å². The van der Waals surface area contributed by atoms with Crippen LogP contribution in [0.15, 0.2) is 252 Å². The number of fused-ring (bicyclic) bond motifs is 10. The van der Waals surface area contributed by atoms with Gasteiger partial charge in [-0.2, -0.15) is 5.10 Å². The third-order valence-electron chi connectivity index (χ3n) is 21.4. The van der Waals surface area contributed by atoms with Gasteiger partial charge in [0.1, 0.15) is 61.3 Å². The van der Waals surface area contributed by atoms with Crippen LogP contribution in [0.4, 0.5) is 0 Å². The van der Waals surface area contributed by atoms with Crippen molar-refractivity contribution >= 4 is 266 Å². The predicted molar refractivity (Wildman–Crippen MR) is 516 cm³/mol. The molecule has 0 saturated heterocycles. The molecule has 0 fully saturated rings. The van der Waals surface area contributed by atoms with E-state index in [9.17, 15) is 73.5 Å². The molecule has 662 valence electrons. The fourth-order valence-electron chi connectivity index (χ4n) is 15.6. The van der Waals surface area contributed by atoms with E-state index in [-0.39, 0.29) is 116 Å². The normalized spacial score (nSPS) is 11.3. The molecule has 10 aromatic heterocycles. The van der Waals surface area contributed by atoms with Gasteiger partial charge in [0.15, 0.2) is 27.1 Å². The van der Waals surface area contributed by atoms with Crippen LogP contribution in [0, 0.1) is 0 Å². The van der Waals surface area contributed by atoms with E-state index in [0.29, 0.717) is 132 Å². The second kappa shape index (κ2) is 37.7. The van der Waals surface area contributed by atoms with Crippen molar-refractivity contribution in [2.75, 3.05) is 0 Å². The summed E-state index contributed by atoms with van der Waals surface area (Å²) in [6.07, 6.45) is 9.94. The van der Waals surface area contributed by atoms with Gasteiger partial charge in [0.2, 0.25) is 0 Å². The van der Waals surface area contributed by atoms with Crippen LogP contribution in [0.1, 0.15) is 0 Å². The van der Waals surface area contributed by atoms with E-state index in [1.165, 1.54) is 70.8 Å². The van der Waals surface area contributed by atoms with Crippen LogP contribution < -0.4 is 27.1 Å². The maximum atomic E-state index is 13.0. The number of halogens is 10. The van der Waals surface area contributed by atoms with Crippen molar-refractivity contribution in [3.05, 3.63) is 320 Å². The number of hydrogen-bond acceptors (Lipinski definition) is 17. The zero-order valence-electron chi connectivity index (χ0n) is 67.6. The number of imidazole rings is 1. The number of carboxylic acids is 5. The van der Waals surface area contributed by atoms with Crippen molar-refractivity contribution in [2.24, 2.45) is 14.1 Å². The molecule has 10 aromatic carbocycles. The van der Waals surface area contributed by atoms with Crippen LogP contribution in [-0.4, -0.2) is 108 Å². The number of carboxylic acid groups (broad SMARTS) is 5. The van der Waals surface area contributed by atoms with Gasteiger partial charge in [-0.3, -0.25) is 52.6 Å². The van der Waals surface area contributed by atoms with Gasteiger partial charge < -0.3 is 61.9 Å². The third kappa shape index (κ3) is 17.6. The minimum Gasteiger partial charge on any atom is -0.480 e. The number of hydrogen-bond donors (Lipinski definition) is 5. The maximum absolute atomic E-state index is 13.0. The quantitative estimate of drug-likeness (QED) is 0.0595. The average molecular weight is 1990 g/mol. The fourth-order valence-corrected chi connectivity index (χ4v) is 18.4. The molecule has 132 heavy (non-hydrogen) atoms. The molecule has 5 N–H and O–H groups in total. The topological polar surface area (TPSA) is 384 Å². The van der Waals surface area contributed by atoms with Gasteiger partial charge in [-0.15, -0.1) is 11.3 Å². The van der Waals surface area contributed by atoms with Crippen LogP contribution >= 0.6 is 127 Å². The smallest absolute Gasteiger partial charge is 0.323 e. The SMILES string of the molecule is Cn1ccc(-c2ccc3c(=O)c4ccc(Cl)c(Cl)c4n(CC(=O)O)c3c2)n1.Cn1ccnc1-c1ccc2c(=O)c3ccc(Cl)c(Cl)c3n(CC(=O)O)c2c1.O=C(O)Cn1c2cc(-c3ccco3)ccc2c(=O)c2ccc(Cl)c(Cl)c21.O=C(O)Cn1c2cc(-c3ccon3)ccc2c(=O)c2ccc(Cl)c(Cl)c21.O=C(O)Cn1c2cc(-c3nccs3)ccc2c(=O)c2ccc(Cl)c(Cl)c21. The Balaban J connectivity index is 0.000000120. The van der Waals surface area contributed by atoms with Gasteiger partial charge in [0.05, 0.1) is 117 Å². The average Bonchev–Trinajstić information content (AvgIpc) is 1.01. The highest BCUT2D eigenvalue weighted by molar-refractivity contribution is 7.13. The first-order valence-corrected chi connectivity index (χ1v) is 43.4. The second-order valence-electron chi connectivity index (χ2n) is 29.4. The number of furan rings is 1. The van der Waals surface area contributed by atoms with Crippen LogP contribution in [0.5, 0.6) is 0 Å². The molecule has 28 nitrogen and oxygen atoms in total. The first-order chi connectivity index (χ1) is 63.2. The lowest BCUT2D eigenvalue weighted by Crippen LogP contribution is -2.16. The summed E-state index contributed by atoms with van der Waals surface area (Å²) in [5, 5.41) is 63.4. The molecule has 0 aliphatic heterocycles. The number of benzene rings is 10. The van der Waals surface area contributed by atoms with Crippen LogP contribution in [0.3, 0.4) is 0 Å². The summed E-state index contributed by atoms with van der Waals surface area (Å²) in [5.41, 5.74) is 7.62. The van der Waals surface area contributed by atoms with Crippen molar-refractivity contribution in [3.8, 4) is 55.8 Å². The Labute approximate surface area is 793 Å². The van der Waals surface area contributed by atoms with Crippen molar-refractivity contribution < 1.29 is 58.4 Å². The fraction of sp³-hybridized carbons (Fsp3) is 0.0753. The molecule has 0 atom stereocenters. The third-order valence-corrected chi connectivity index (χ3v) is 26.2. The van der Waals surface area contributed by atoms with E-state index in [2.05, 4.69) is 20.2 Å². The minimum atomic E-state index is -1.07. The van der Waals surface area contributed by atoms with Gasteiger partial charge in [-0.05, 0) is 140 Å². The first kappa shape index (κ1) is 91.6. The van der Waals surface area contributed by atoms with E-state index in [0.717, 1.165) is 27.3 Å². The molecule has 0 spiro atoms. The molecule has 0 unspecified atom stereocenters. The summed E-state index contributed by atoms with van der Waals surface area (Å²) in [7, 11) is 3.66. The Morgan fingerprint density at radius 1 is 0.348 bits per heavy atom. The first-order valence-electron chi connectivity index (χ1n) is 38.8. The number of aromatic nitrogens is 11. The van der Waals surface area contributed by atoms with Crippen LogP contribution in [0.25, 0.3) is 165 Å². The highest BCUT2D eigenvalue weighted by Gasteiger charge is 2.26. The largest absolute Gasteiger partial charge is 0.480 e. The van der Waals surface area contributed by atoms with E-state index in [1.54, 1.807) is 182 Å². The lowest BCUT2D eigenvalue weighted by molar-refractivity contribution is -0.138. The van der Waals surface area contributed by atoms with Gasteiger partial charge in [0, 0.05) is 132 Å². The van der Waals surface area contributed by atoms with Gasteiger partial charge >= 0.3 is 29.8 Å². The summed E-state index contributed by atoms with van der Waals surface area (Å²) in [4.78, 5) is 131. The molecule has 0 amide bonds. The van der Waals surface area contributed by atoms with Crippen LogP contribution in [-0.2, 0) is 70.8 Å². The van der Waals surface area contributed by atoms with Gasteiger partial charge in [0.25, 0.3) is 0 Å². The molecule has 20 aromatic rings. The molecule has 0 aliphatic rings. The zero-order chi connectivity index (χ0) is 93.9. The highest BCUT2D eigenvalue weighted by atomic mass is 35.5. The van der Waals surface area contributed by atoms with Gasteiger partial charge in [-0.25, -0.2) is 9.97 Å². The Morgan fingerprint density at radius 2 is 0.674 bits per heavy atom. The number of carbonyl (C=O) groups is 5. The lowest BCUT2D eigenvalue weighted by atomic mass is 10.0. The minimum absolute atomic E-state index is 0.135. The highest BCUT2D eigenvalue weighted by Crippen LogP contribution is 2.41. The Hall–Kier alpha value is -13.7. The monoisotopic (exact) mass is 1980 g/mol. The number of aryl methyl sites for hydroxylation is 2. The van der Waals surface area contributed by atoms with E-state index in [1.807, 2.05) is 23.1 Å². The van der Waals surface area contributed by atoms with Crippen molar-refractivity contribution in [2.45, 2.75) is 32.7 Å². The maximum Gasteiger partial charge on any atom is 0.323 e. The molecule has 0 aliphatic carbocycles. The number of pyridine rings is 5. The molecule has 39 heteroatoms. The summed E-state index contributed by atoms with van der Waals surface area (Å²) < 4.78 is 21.3. The number of aliphatic carboxylic acids is 5. The Kier molecular flexibility index (Phi) is 26.2. The number of rotatable bonds is 15. The Morgan fingerprint density at radius 3 is 0.977 bits per heavy atom. The van der Waals surface area contributed by atoms with Crippen molar-refractivity contribution in [1.29, 1.82) is 0 Å². The van der Waals surface area contributed by atoms with Gasteiger partial charge in [-0.1, -0.05) is 151 Å². The molecule has 0 saturated carbocycles. The molecule has 20 rings (SSSR count). The Bertz CT molecular complexity index is 8110. The van der Waals surface area contributed by atoms with Crippen LogP contribution in [0.2, 0.25) is 50.2 Å². The molecular formula is C93H57Cl10N11O17S. The lowest BCUT2D eigenvalue weighted by Gasteiger charge is -2.16. The summed E-state index contributed by atoms with van der Waals surface area (Å²) in [6.45, 7) is -1.82.